The number of aliphatic imine (C=N–C) groups is 1. The minimum atomic E-state index is -0.118. The number of fused-ring (bicyclic) bond motifs is 5. The summed E-state index contributed by atoms with van der Waals surface area (Å²) in [4.78, 5) is 34.6. The summed E-state index contributed by atoms with van der Waals surface area (Å²) in [6, 6.07) is 11.0. The summed E-state index contributed by atoms with van der Waals surface area (Å²) >= 11 is 0. The van der Waals surface area contributed by atoms with Crippen molar-refractivity contribution in [3.05, 3.63) is 48.0 Å². The Bertz CT molecular complexity index is 906. The molecule has 2 amide bonds. The summed E-state index contributed by atoms with van der Waals surface area (Å²) in [5.74, 6) is 1.09. The third kappa shape index (κ3) is 5.03. The Hall–Kier alpha value is -1.94. The number of guanidine groups is 1. The number of hydrogen-bond acceptors (Lipinski definition) is 4. The molecule has 2 saturated heterocycles. The van der Waals surface area contributed by atoms with Gasteiger partial charge in [-0.2, -0.15) is 0 Å². The van der Waals surface area contributed by atoms with Crippen molar-refractivity contribution in [2.45, 2.75) is 38.8 Å². The molecular formula is C26H36IN5O2. The van der Waals surface area contributed by atoms with Gasteiger partial charge in [-0.25, -0.2) is 0 Å². The van der Waals surface area contributed by atoms with Gasteiger partial charge >= 0.3 is 0 Å². The van der Waals surface area contributed by atoms with Crippen LogP contribution in [0.2, 0.25) is 0 Å². The lowest BCUT2D eigenvalue weighted by atomic mass is 9.85. The number of amides is 2. The van der Waals surface area contributed by atoms with Crippen LogP contribution in [0, 0.1) is 23.7 Å². The molecule has 184 valence electrons. The fraction of sp³-hybridized carbons (Fsp3) is 0.577. The number of hydrogen-bond donors (Lipinski definition) is 2. The van der Waals surface area contributed by atoms with Gasteiger partial charge in [-0.05, 0) is 50.1 Å². The lowest BCUT2D eigenvalue weighted by Gasteiger charge is -2.24. The Labute approximate surface area is 219 Å². The van der Waals surface area contributed by atoms with Gasteiger partial charge in [0, 0.05) is 32.2 Å². The number of nitrogens with one attached hydrogen (secondary N) is 2. The number of nitrogens with zero attached hydrogens (tertiary/aromatic N) is 3. The molecule has 1 aromatic rings. The van der Waals surface area contributed by atoms with Crippen LogP contribution in [0.1, 0.15) is 31.7 Å². The Balaban J connectivity index is 0.00000274. The first-order chi connectivity index (χ1) is 16.2. The quantitative estimate of drug-likeness (QED) is 0.163. The molecule has 8 heteroatoms. The number of carbonyl (C=O) groups is 2. The van der Waals surface area contributed by atoms with E-state index >= 15 is 0 Å². The Morgan fingerprint density at radius 1 is 1.06 bits per heavy atom. The van der Waals surface area contributed by atoms with E-state index in [2.05, 4.69) is 58.0 Å². The second-order valence-electron chi connectivity index (χ2n) is 9.73. The SMILES string of the molecule is CCNC(=NCC1CCCN1Cc1ccccc1)NCCN1C(=O)C2C3C=CC(C3)C2C1=O.I. The fourth-order valence-electron chi connectivity index (χ4n) is 6.14. The maximum Gasteiger partial charge on any atom is 0.233 e. The Kier molecular flexibility index (Phi) is 8.29. The summed E-state index contributed by atoms with van der Waals surface area (Å²) in [5, 5.41) is 6.64. The van der Waals surface area contributed by atoms with Gasteiger partial charge < -0.3 is 10.6 Å². The molecule has 34 heavy (non-hydrogen) atoms. The van der Waals surface area contributed by atoms with Crippen molar-refractivity contribution in [1.29, 1.82) is 0 Å². The zero-order valence-corrected chi connectivity index (χ0v) is 22.2. The minimum Gasteiger partial charge on any atom is -0.357 e. The molecule has 1 aromatic carbocycles. The van der Waals surface area contributed by atoms with Crippen LogP contribution in [0.25, 0.3) is 0 Å². The van der Waals surface area contributed by atoms with Crippen LogP contribution in [-0.2, 0) is 16.1 Å². The van der Waals surface area contributed by atoms with E-state index in [9.17, 15) is 9.59 Å². The summed E-state index contributed by atoms with van der Waals surface area (Å²) in [7, 11) is 0. The van der Waals surface area contributed by atoms with Gasteiger partial charge in [0.15, 0.2) is 5.96 Å². The van der Waals surface area contributed by atoms with E-state index in [0.29, 0.717) is 19.1 Å². The first-order valence-corrected chi connectivity index (χ1v) is 12.5. The molecule has 2 N–H and O–H groups in total. The molecule has 0 radical (unpaired) electrons. The smallest absolute Gasteiger partial charge is 0.233 e. The van der Waals surface area contributed by atoms with E-state index in [1.54, 1.807) is 0 Å². The average Bonchev–Trinajstić information content (AvgIpc) is 3.60. The van der Waals surface area contributed by atoms with Crippen molar-refractivity contribution >= 4 is 41.8 Å². The standard InChI is InChI=1S/C26H35N5O2.HI/c1-2-27-26(29-16-21-9-6-13-30(21)17-18-7-4-3-5-8-18)28-12-14-31-24(32)22-19-10-11-20(15-19)23(22)25(31)33;/h3-5,7-8,10-11,19-23H,2,6,9,12-17H2,1H3,(H2,27,28,29);1H. The summed E-state index contributed by atoms with van der Waals surface area (Å²) in [6.07, 6.45) is 7.61. The van der Waals surface area contributed by atoms with Gasteiger partial charge in [-0.3, -0.25) is 24.4 Å². The number of imide groups is 1. The first-order valence-electron chi connectivity index (χ1n) is 12.5. The minimum absolute atomic E-state index is 0. The maximum atomic E-state index is 12.9. The van der Waals surface area contributed by atoms with Crippen LogP contribution in [0.4, 0.5) is 0 Å². The van der Waals surface area contributed by atoms with Crippen molar-refractivity contribution in [3.8, 4) is 0 Å². The van der Waals surface area contributed by atoms with Gasteiger partial charge in [0.05, 0.1) is 18.4 Å². The molecule has 1 saturated carbocycles. The van der Waals surface area contributed by atoms with E-state index in [-0.39, 0.29) is 59.5 Å². The Morgan fingerprint density at radius 3 is 2.44 bits per heavy atom. The zero-order chi connectivity index (χ0) is 22.8. The predicted octanol–water partition coefficient (Wildman–Crippen LogP) is 2.63. The first kappa shape index (κ1) is 25.2. The highest BCUT2D eigenvalue weighted by Gasteiger charge is 2.58. The molecule has 2 bridgehead atoms. The van der Waals surface area contributed by atoms with Crippen LogP contribution < -0.4 is 10.6 Å². The average molecular weight is 578 g/mol. The van der Waals surface area contributed by atoms with Crippen molar-refractivity contribution in [2.75, 3.05) is 32.7 Å². The number of halogens is 1. The molecule has 0 aromatic heterocycles. The van der Waals surface area contributed by atoms with Gasteiger partial charge in [0.1, 0.15) is 0 Å². The van der Waals surface area contributed by atoms with E-state index in [1.165, 1.54) is 16.9 Å². The second kappa shape index (κ2) is 11.2. The van der Waals surface area contributed by atoms with Crippen LogP contribution in [-0.4, -0.2) is 66.3 Å². The van der Waals surface area contributed by atoms with Crippen molar-refractivity contribution in [2.24, 2.45) is 28.7 Å². The molecule has 5 rings (SSSR count). The number of carbonyl (C=O) groups excluding carboxylic acids is 2. The van der Waals surface area contributed by atoms with Crippen LogP contribution in [0.5, 0.6) is 0 Å². The summed E-state index contributed by atoms with van der Waals surface area (Å²) in [6.45, 7) is 6.54. The van der Waals surface area contributed by atoms with Crippen LogP contribution in [0.3, 0.4) is 0 Å². The molecule has 5 unspecified atom stereocenters. The van der Waals surface area contributed by atoms with Crippen LogP contribution in [0.15, 0.2) is 47.5 Å². The number of likely N-dealkylation sites (tertiary alicyclic amines) is 2. The number of allylic oxidation sites excluding steroid dienone is 2. The van der Waals surface area contributed by atoms with Crippen molar-refractivity contribution < 1.29 is 9.59 Å². The monoisotopic (exact) mass is 577 g/mol. The molecular weight excluding hydrogens is 541 g/mol. The third-order valence-electron chi connectivity index (χ3n) is 7.72. The normalized spacial score (nSPS) is 30.1. The lowest BCUT2D eigenvalue weighted by Crippen LogP contribution is -2.44. The zero-order valence-electron chi connectivity index (χ0n) is 19.9. The molecule has 7 nitrogen and oxygen atoms in total. The molecule has 4 aliphatic rings. The van der Waals surface area contributed by atoms with Crippen LogP contribution >= 0.6 is 24.0 Å². The van der Waals surface area contributed by atoms with Gasteiger partial charge in [0.2, 0.25) is 11.8 Å². The van der Waals surface area contributed by atoms with Gasteiger partial charge in [-0.15, -0.1) is 24.0 Å². The fourth-order valence-corrected chi connectivity index (χ4v) is 6.14. The van der Waals surface area contributed by atoms with Gasteiger partial charge in [-0.1, -0.05) is 42.5 Å². The van der Waals surface area contributed by atoms with E-state index in [4.69, 9.17) is 4.99 Å². The molecule has 0 spiro atoms. The largest absolute Gasteiger partial charge is 0.357 e. The highest BCUT2D eigenvalue weighted by molar-refractivity contribution is 14.0. The van der Waals surface area contributed by atoms with Gasteiger partial charge in [0.25, 0.3) is 0 Å². The molecule has 2 aliphatic carbocycles. The predicted molar refractivity (Wildman–Crippen MR) is 144 cm³/mol. The topological polar surface area (TPSA) is 77.0 Å². The van der Waals surface area contributed by atoms with E-state index in [0.717, 1.165) is 45.0 Å². The summed E-state index contributed by atoms with van der Waals surface area (Å²) < 4.78 is 0. The number of benzene rings is 1. The van der Waals surface area contributed by atoms with Crippen molar-refractivity contribution in [1.82, 2.24) is 20.4 Å². The lowest BCUT2D eigenvalue weighted by molar-refractivity contribution is -0.140. The molecule has 2 heterocycles. The van der Waals surface area contributed by atoms with E-state index in [1.807, 2.05) is 6.92 Å². The highest BCUT2D eigenvalue weighted by Crippen LogP contribution is 2.52. The highest BCUT2D eigenvalue weighted by atomic mass is 127. The third-order valence-corrected chi connectivity index (χ3v) is 7.72. The Morgan fingerprint density at radius 2 is 1.76 bits per heavy atom. The molecule has 3 fully saturated rings. The molecule has 2 aliphatic heterocycles. The van der Waals surface area contributed by atoms with Crippen molar-refractivity contribution in [3.63, 3.8) is 0 Å². The second-order valence-corrected chi connectivity index (χ2v) is 9.73. The summed E-state index contributed by atoms with van der Waals surface area (Å²) in [5.41, 5.74) is 1.34. The molecule has 5 atom stereocenters. The maximum absolute atomic E-state index is 12.9. The number of rotatable bonds is 8. The van der Waals surface area contributed by atoms with E-state index < -0.39 is 0 Å².